The Labute approximate surface area is 106 Å². The van der Waals surface area contributed by atoms with Gasteiger partial charge in [-0.2, -0.15) is 0 Å². The number of Topliss-reactive ketones (excluding diaryl/α,β-unsaturated/α-hetero) is 1. The Morgan fingerprint density at radius 3 is 2.67 bits per heavy atom. The van der Waals surface area contributed by atoms with Gasteiger partial charge in [0.1, 0.15) is 6.61 Å². The first-order valence-corrected chi connectivity index (χ1v) is 5.81. The van der Waals surface area contributed by atoms with Crippen molar-refractivity contribution in [3.8, 4) is 5.88 Å². The van der Waals surface area contributed by atoms with Crippen molar-refractivity contribution >= 4 is 5.78 Å². The number of ketones is 1. The van der Waals surface area contributed by atoms with Gasteiger partial charge in [0, 0.05) is 6.20 Å². The highest BCUT2D eigenvalue weighted by Crippen LogP contribution is 2.18. The smallest absolute Gasteiger partial charge is 0.224 e. The Morgan fingerprint density at radius 2 is 2.00 bits per heavy atom. The predicted molar refractivity (Wildman–Crippen MR) is 69.8 cm³/mol. The van der Waals surface area contributed by atoms with Gasteiger partial charge in [-0.15, -0.1) is 0 Å². The van der Waals surface area contributed by atoms with Crippen LogP contribution in [0, 0.1) is 6.92 Å². The van der Waals surface area contributed by atoms with E-state index in [-0.39, 0.29) is 5.78 Å². The molecule has 3 heteroatoms. The number of pyridine rings is 1. The second-order valence-electron chi connectivity index (χ2n) is 4.20. The molecule has 0 bridgehead atoms. The molecule has 0 N–H and O–H groups in total. The maximum absolute atomic E-state index is 11.5. The summed E-state index contributed by atoms with van der Waals surface area (Å²) < 4.78 is 5.61. The molecule has 1 aromatic carbocycles. The summed E-state index contributed by atoms with van der Waals surface area (Å²) in [4.78, 5) is 15.7. The summed E-state index contributed by atoms with van der Waals surface area (Å²) in [6.45, 7) is 3.84. The number of aryl methyl sites for hydroxylation is 1. The molecule has 0 radical (unpaired) electrons. The summed E-state index contributed by atoms with van der Waals surface area (Å²) in [6, 6.07) is 11.6. The van der Waals surface area contributed by atoms with Crippen LogP contribution in [0.4, 0.5) is 0 Å². The molecule has 3 nitrogen and oxygen atoms in total. The first-order valence-electron chi connectivity index (χ1n) is 5.81. The molecule has 0 spiro atoms. The predicted octanol–water partition coefficient (Wildman–Crippen LogP) is 3.17. The normalized spacial score (nSPS) is 10.1. The maximum atomic E-state index is 11.5. The van der Waals surface area contributed by atoms with Gasteiger partial charge < -0.3 is 4.74 Å². The van der Waals surface area contributed by atoms with E-state index in [4.69, 9.17) is 4.74 Å². The molecule has 0 unspecified atom stereocenters. The van der Waals surface area contributed by atoms with Gasteiger partial charge in [0.15, 0.2) is 5.78 Å². The highest BCUT2D eigenvalue weighted by atomic mass is 16.5. The minimum atomic E-state index is -0.0331. The second-order valence-corrected chi connectivity index (χ2v) is 4.20. The van der Waals surface area contributed by atoms with E-state index in [1.54, 1.807) is 12.3 Å². The van der Waals surface area contributed by atoms with Crippen LogP contribution < -0.4 is 4.74 Å². The molecule has 2 rings (SSSR count). The van der Waals surface area contributed by atoms with Crippen LogP contribution in [0.1, 0.15) is 28.4 Å². The van der Waals surface area contributed by atoms with Crippen molar-refractivity contribution < 1.29 is 9.53 Å². The fourth-order valence-electron chi connectivity index (χ4n) is 1.65. The van der Waals surface area contributed by atoms with Crippen LogP contribution in [-0.2, 0) is 6.61 Å². The average Bonchev–Trinajstić information content (AvgIpc) is 2.38. The fraction of sp³-hybridized carbons (Fsp3) is 0.200. The third-order valence-electron chi connectivity index (χ3n) is 2.59. The fourth-order valence-corrected chi connectivity index (χ4v) is 1.65. The molecule has 0 saturated heterocycles. The van der Waals surface area contributed by atoms with E-state index in [2.05, 4.69) is 4.98 Å². The Balaban J connectivity index is 2.17. The Kier molecular flexibility index (Phi) is 3.72. The largest absolute Gasteiger partial charge is 0.472 e. The van der Waals surface area contributed by atoms with Gasteiger partial charge in [-0.25, -0.2) is 4.98 Å². The lowest BCUT2D eigenvalue weighted by Gasteiger charge is -2.09. The third kappa shape index (κ3) is 2.94. The number of carbonyl (C=O) groups excluding carboxylic acids is 1. The molecule has 18 heavy (non-hydrogen) atoms. The van der Waals surface area contributed by atoms with Gasteiger partial charge in [0.2, 0.25) is 5.88 Å². The zero-order valence-corrected chi connectivity index (χ0v) is 10.5. The molecule has 0 aliphatic heterocycles. The van der Waals surface area contributed by atoms with E-state index in [1.165, 1.54) is 6.92 Å². The van der Waals surface area contributed by atoms with Gasteiger partial charge in [-0.1, -0.05) is 30.3 Å². The van der Waals surface area contributed by atoms with Crippen molar-refractivity contribution in [1.29, 1.82) is 0 Å². The summed E-state index contributed by atoms with van der Waals surface area (Å²) in [5.41, 5.74) is 2.53. The third-order valence-corrected chi connectivity index (χ3v) is 2.59. The monoisotopic (exact) mass is 241 g/mol. The topological polar surface area (TPSA) is 39.2 Å². The number of hydrogen-bond acceptors (Lipinski definition) is 3. The van der Waals surface area contributed by atoms with Gasteiger partial charge in [-0.3, -0.25) is 4.79 Å². The number of hydrogen-bond donors (Lipinski definition) is 0. The van der Waals surface area contributed by atoms with Gasteiger partial charge in [-0.05, 0) is 31.0 Å². The van der Waals surface area contributed by atoms with Crippen LogP contribution in [0.5, 0.6) is 5.88 Å². The van der Waals surface area contributed by atoms with Crippen molar-refractivity contribution in [2.45, 2.75) is 20.5 Å². The standard InChI is InChI=1S/C15H15NO2/c1-11-8-14(12(2)17)15(16-9-11)18-10-13-6-4-3-5-7-13/h3-9H,10H2,1-2H3. The lowest BCUT2D eigenvalue weighted by atomic mass is 10.1. The number of rotatable bonds is 4. The first-order chi connectivity index (χ1) is 8.66. The number of carbonyl (C=O) groups is 1. The highest BCUT2D eigenvalue weighted by Gasteiger charge is 2.10. The zero-order chi connectivity index (χ0) is 13.0. The number of nitrogens with zero attached hydrogens (tertiary/aromatic N) is 1. The van der Waals surface area contributed by atoms with Gasteiger partial charge >= 0.3 is 0 Å². The van der Waals surface area contributed by atoms with Crippen molar-refractivity contribution in [3.63, 3.8) is 0 Å². The Morgan fingerprint density at radius 1 is 1.28 bits per heavy atom. The van der Waals surface area contributed by atoms with Crippen LogP contribution in [0.2, 0.25) is 0 Å². The van der Waals surface area contributed by atoms with Crippen LogP contribution >= 0.6 is 0 Å². The van der Waals surface area contributed by atoms with E-state index >= 15 is 0 Å². The molecule has 0 atom stereocenters. The van der Waals surface area contributed by atoms with Crippen LogP contribution in [0.3, 0.4) is 0 Å². The molecule has 1 heterocycles. The maximum Gasteiger partial charge on any atom is 0.224 e. The molecule has 0 aliphatic rings. The molecular weight excluding hydrogens is 226 g/mol. The van der Waals surface area contributed by atoms with Gasteiger partial charge in [0.25, 0.3) is 0 Å². The summed E-state index contributed by atoms with van der Waals surface area (Å²) in [5, 5.41) is 0. The van der Waals surface area contributed by atoms with Crippen molar-refractivity contribution in [2.75, 3.05) is 0 Å². The summed E-state index contributed by atoms with van der Waals surface area (Å²) in [7, 11) is 0. The van der Waals surface area contributed by atoms with Crippen molar-refractivity contribution in [3.05, 3.63) is 59.3 Å². The molecule has 0 amide bonds. The van der Waals surface area contributed by atoms with E-state index in [0.717, 1.165) is 11.1 Å². The highest BCUT2D eigenvalue weighted by molar-refractivity contribution is 5.96. The second kappa shape index (κ2) is 5.45. The minimum absolute atomic E-state index is 0.0331. The summed E-state index contributed by atoms with van der Waals surface area (Å²) in [6.07, 6.45) is 1.70. The molecule has 2 aromatic rings. The SMILES string of the molecule is CC(=O)c1cc(C)cnc1OCc1ccccc1. The molecule has 1 aromatic heterocycles. The van der Waals surface area contributed by atoms with Crippen molar-refractivity contribution in [1.82, 2.24) is 4.98 Å². The number of ether oxygens (including phenoxy) is 1. The van der Waals surface area contributed by atoms with E-state index < -0.39 is 0 Å². The first kappa shape index (κ1) is 12.3. The van der Waals surface area contributed by atoms with Crippen LogP contribution in [0.25, 0.3) is 0 Å². The zero-order valence-electron chi connectivity index (χ0n) is 10.5. The number of benzene rings is 1. The quantitative estimate of drug-likeness (QED) is 0.772. The molecule has 0 saturated carbocycles. The molecule has 92 valence electrons. The summed E-state index contributed by atoms with van der Waals surface area (Å²) in [5.74, 6) is 0.367. The lowest BCUT2D eigenvalue weighted by molar-refractivity contribution is 0.101. The van der Waals surface area contributed by atoms with E-state index in [1.807, 2.05) is 37.3 Å². The van der Waals surface area contributed by atoms with Crippen LogP contribution in [0.15, 0.2) is 42.6 Å². The lowest BCUT2D eigenvalue weighted by Crippen LogP contribution is -2.04. The Bertz CT molecular complexity index is 550. The average molecular weight is 241 g/mol. The molecule has 0 aliphatic carbocycles. The Hall–Kier alpha value is -2.16. The molecular formula is C15H15NO2. The van der Waals surface area contributed by atoms with Crippen LogP contribution in [-0.4, -0.2) is 10.8 Å². The van der Waals surface area contributed by atoms with Gasteiger partial charge in [0.05, 0.1) is 5.56 Å². The van der Waals surface area contributed by atoms with E-state index in [0.29, 0.717) is 18.1 Å². The number of aromatic nitrogens is 1. The molecule has 0 fully saturated rings. The minimum Gasteiger partial charge on any atom is -0.472 e. The van der Waals surface area contributed by atoms with E-state index in [9.17, 15) is 4.79 Å². The van der Waals surface area contributed by atoms with Crippen molar-refractivity contribution in [2.24, 2.45) is 0 Å². The summed E-state index contributed by atoms with van der Waals surface area (Å²) >= 11 is 0.